The van der Waals surface area contributed by atoms with E-state index in [0.29, 0.717) is 0 Å². The van der Waals surface area contributed by atoms with E-state index in [1.54, 1.807) is 6.92 Å². The van der Waals surface area contributed by atoms with Gasteiger partial charge >= 0.3 is 6.03 Å². The lowest BCUT2D eigenvalue weighted by Crippen LogP contribution is -2.69. The maximum atomic E-state index is 12.2. The summed E-state index contributed by atoms with van der Waals surface area (Å²) in [4.78, 5) is 28.1. The monoisotopic (exact) mass is 425 g/mol. The molecule has 3 unspecified atom stereocenters. The van der Waals surface area contributed by atoms with Crippen molar-refractivity contribution in [3.05, 3.63) is 10.4 Å². The second-order valence-electron chi connectivity index (χ2n) is 5.15. The van der Waals surface area contributed by atoms with Crippen LogP contribution >= 0.6 is 22.6 Å². The molecule has 2 N–H and O–H groups in total. The van der Waals surface area contributed by atoms with Gasteiger partial charge in [0, 0.05) is 18.4 Å². The number of halogens is 1. The van der Waals surface area contributed by atoms with E-state index >= 15 is 0 Å². The molecule has 11 heteroatoms. The largest absolute Gasteiger partial charge is 0.394 e. The summed E-state index contributed by atoms with van der Waals surface area (Å²) in [5, 5.41) is 15.1. The quantitative estimate of drug-likeness (QED) is 0.222. The predicted octanol–water partition coefficient (Wildman–Crippen LogP) is 0.491. The molecule has 22 heavy (non-hydrogen) atoms. The van der Waals surface area contributed by atoms with Gasteiger partial charge in [0.15, 0.2) is 6.23 Å². The predicted molar refractivity (Wildman–Crippen MR) is 81.9 cm³/mol. The summed E-state index contributed by atoms with van der Waals surface area (Å²) in [5.41, 5.74) is 8.56. The van der Waals surface area contributed by atoms with Crippen LogP contribution in [-0.4, -0.2) is 63.7 Å². The number of aliphatic hydroxyl groups is 1. The highest BCUT2D eigenvalue weighted by Gasteiger charge is 2.54. The molecule has 0 aromatic rings. The zero-order chi connectivity index (χ0) is 16.5. The first-order valence-electron chi connectivity index (χ1n) is 6.52. The van der Waals surface area contributed by atoms with Gasteiger partial charge in [0.1, 0.15) is 9.65 Å². The summed E-state index contributed by atoms with van der Waals surface area (Å²) >= 11 is 1.91. The fourth-order valence-corrected chi connectivity index (χ4v) is 3.31. The Kier molecular flexibility index (Phi) is 5.12. The van der Waals surface area contributed by atoms with Gasteiger partial charge in [0.25, 0.3) is 0 Å². The first-order chi connectivity index (χ1) is 10.4. The average molecular weight is 425 g/mol. The summed E-state index contributed by atoms with van der Waals surface area (Å²) in [6.07, 6.45) is -2.10. The smallest absolute Gasteiger partial charge is 0.328 e. The second kappa shape index (κ2) is 6.54. The van der Waals surface area contributed by atoms with Crippen molar-refractivity contribution in [3.63, 3.8) is 0 Å². The van der Waals surface area contributed by atoms with Gasteiger partial charge in [-0.25, -0.2) is 4.79 Å². The van der Waals surface area contributed by atoms with E-state index < -0.39 is 40.0 Å². The molecule has 5 atom stereocenters. The van der Waals surface area contributed by atoms with Gasteiger partial charge in [0.2, 0.25) is 5.91 Å². The first kappa shape index (κ1) is 17.2. The molecule has 2 heterocycles. The number of hydrogen-bond donors (Lipinski definition) is 2. The third-order valence-electron chi connectivity index (χ3n) is 3.73. The number of hydrogen-bond acceptors (Lipinski definition) is 6. The summed E-state index contributed by atoms with van der Waals surface area (Å²) in [6, 6.07) is -1.24. The Hall–Kier alpha value is -1.14. The van der Waals surface area contributed by atoms with Gasteiger partial charge in [-0.3, -0.25) is 15.0 Å². The van der Waals surface area contributed by atoms with Gasteiger partial charge in [0.05, 0.1) is 18.8 Å². The van der Waals surface area contributed by atoms with E-state index in [-0.39, 0.29) is 13.0 Å². The van der Waals surface area contributed by atoms with Crippen LogP contribution in [0.25, 0.3) is 10.4 Å². The molecule has 2 fully saturated rings. The van der Waals surface area contributed by atoms with Gasteiger partial charge in [-0.2, -0.15) is 0 Å². The molecule has 0 bridgehead atoms. The Morgan fingerprint density at radius 2 is 2.36 bits per heavy atom. The summed E-state index contributed by atoms with van der Waals surface area (Å²) in [7, 11) is 1.39. The first-order valence-corrected chi connectivity index (χ1v) is 7.60. The zero-order valence-corrected chi connectivity index (χ0v) is 14.1. The lowest BCUT2D eigenvalue weighted by Gasteiger charge is -2.44. The standard InChI is InChI=1S/C11H16IN5O5/c1-11(12)8(19)14-10(20)17(9(11)21-2)7-3-5(15-16-13)6(4-18)22-7/h5-7,9,18H,3-4H2,1-2H3,(H,14,19,20)/t5?,6?,7?,9-,11+/m0/s1. The third-order valence-corrected chi connectivity index (χ3v) is 4.76. The van der Waals surface area contributed by atoms with Crippen LogP contribution in [0.15, 0.2) is 5.11 Å². The zero-order valence-electron chi connectivity index (χ0n) is 12.0. The maximum absolute atomic E-state index is 12.2. The van der Waals surface area contributed by atoms with Crippen molar-refractivity contribution in [1.82, 2.24) is 10.2 Å². The van der Waals surface area contributed by atoms with E-state index in [1.807, 2.05) is 22.6 Å². The van der Waals surface area contributed by atoms with Crippen molar-refractivity contribution in [2.75, 3.05) is 13.7 Å². The molecule has 2 saturated heterocycles. The minimum absolute atomic E-state index is 0.212. The normalized spacial score (nSPS) is 38.6. The molecule has 3 amide bonds. The lowest BCUT2D eigenvalue weighted by molar-refractivity contribution is -0.151. The summed E-state index contributed by atoms with van der Waals surface area (Å²) in [5.74, 6) is -0.454. The van der Waals surface area contributed by atoms with Crippen molar-refractivity contribution >= 4 is 34.5 Å². The molecule has 10 nitrogen and oxygen atoms in total. The van der Waals surface area contributed by atoms with Crippen LogP contribution in [0.1, 0.15) is 13.3 Å². The minimum atomic E-state index is -1.00. The Morgan fingerprint density at radius 1 is 1.68 bits per heavy atom. The highest BCUT2D eigenvalue weighted by atomic mass is 127. The number of amides is 3. The summed E-state index contributed by atoms with van der Waals surface area (Å²) in [6.45, 7) is 1.30. The van der Waals surface area contributed by atoms with Crippen molar-refractivity contribution in [3.8, 4) is 0 Å². The van der Waals surface area contributed by atoms with Crippen LogP contribution < -0.4 is 5.32 Å². The minimum Gasteiger partial charge on any atom is -0.394 e. The van der Waals surface area contributed by atoms with E-state index in [2.05, 4.69) is 15.3 Å². The van der Waals surface area contributed by atoms with Crippen LogP contribution in [-0.2, 0) is 14.3 Å². The number of rotatable bonds is 4. The molecular weight excluding hydrogens is 409 g/mol. The second-order valence-corrected chi connectivity index (χ2v) is 7.39. The number of methoxy groups -OCH3 is 1. The van der Waals surface area contributed by atoms with Crippen LogP contribution in [0.3, 0.4) is 0 Å². The molecule has 0 spiro atoms. The number of carbonyl (C=O) groups excluding carboxylic acids is 2. The molecule has 2 aliphatic heterocycles. The van der Waals surface area contributed by atoms with Gasteiger partial charge in [-0.15, -0.1) is 0 Å². The van der Waals surface area contributed by atoms with E-state index in [4.69, 9.17) is 15.0 Å². The SMILES string of the molecule is CO[C@@H]1N(C2CC(N=[N+]=[N-])C(CO)O2)C(=O)NC(=O)[C@@]1(C)I. The topological polar surface area (TPSA) is 137 Å². The number of ether oxygens (including phenoxy) is 2. The molecular formula is C11H16IN5O5. The number of nitrogens with one attached hydrogen (secondary N) is 1. The molecule has 122 valence electrons. The molecule has 2 rings (SSSR count). The molecule has 0 aromatic heterocycles. The third kappa shape index (κ3) is 2.86. The van der Waals surface area contributed by atoms with E-state index in [0.717, 1.165) is 0 Å². The number of imide groups is 1. The van der Waals surface area contributed by atoms with Crippen LogP contribution in [0.2, 0.25) is 0 Å². The van der Waals surface area contributed by atoms with E-state index in [9.17, 15) is 14.7 Å². The average Bonchev–Trinajstić information content (AvgIpc) is 2.85. The van der Waals surface area contributed by atoms with Crippen LogP contribution in [0.5, 0.6) is 0 Å². The number of nitrogens with zero attached hydrogens (tertiary/aromatic N) is 4. The van der Waals surface area contributed by atoms with Crippen molar-refractivity contribution < 1.29 is 24.2 Å². The van der Waals surface area contributed by atoms with Gasteiger partial charge < -0.3 is 14.6 Å². The number of urea groups is 1. The Labute approximate surface area is 139 Å². The van der Waals surface area contributed by atoms with Crippen LogP contribution in [0, 0.1) is 0 Å². The molecule has 2 aliphatic rings. The molecule has 0 saturated carbocycles. The maximum Gasteiger partial charge on any atom is 0.328 e. The fourth-order valence-electron chi connectivity index (χ4n) is 2.62. The molecule has 0 radical (unpaired) electrons. The van der Waals surface area contributed by atoms with Crippen LogP contribution in [0.4, 0.5) is 4.79 Å². The van der Waals surface area contributed by atoms with Crippen molar-refractivity contribution in [2.45, 2.75) is 41.4 Å². The number of azide groups is 1. The fraction of sp³-hybridized carbons (Fsp3) is 0.818. The number of carbonyl (C=O) groups is 2. The highest BCUT2D eigenvalue weighted by Crippen LogP contribution is 2.36. The number of alkyl halides is 1. The Balaban J connectivity index is 2.28. The van der Waals surface area contributed by atoms with Crippen molar-refractivity contribution in [2.24, 2.45) is 5.11 Å². The Morgan fingerprint density at radius 3 is 2.91 bits per heavy atom. The molecule has 0 aliphatic carbocycles. The van der Waals surface area contributed by atoms with Crippen molar-refractivity contribution in [1.29, 1.82) is 0 Å². The van der Waals surface area contributed by atoms with Gasteiger partial charge in [-0.05, 0) is 12.5 Å². The highest BCUT2D eigenvalue weighted by molar-refractivity contribution is 14.1. The molecule has 0 aromatic carbocycles. The lowest BCUT2D eigenvalue weighted by atomic mass is 10.0. The summed E-state index contributed by atoms with van der Waals surface area (Å²) < 4.78 is 9.92. The Bertz CT molecular complexity index is 523. The van der Waals surface area contributed by atoms with E-state index in [1.165, 1.54) is 12.0 Å². The van der Waals surface area contributed by atoms with Gasteiger partial charge in [-0.1, -0.05) is 27.7 Å². The number of aliphatic hydroxyl groups excluding tert-OH is 1.